The van der Waals surface area contributed by atoms with E-state index in [-0.39, 0.29) is 17.9 Å². The van der Waals surface area contributed by atoms with E-state index in [2.05, 4.69) is 41.6 Å². The second-order valence-corrected chi connectivity index (χ2v) is 12.3. The van der Waals surface area contributed by atoms with Crippen LogP contribution in [0.5, 0.6) is 0 Å². The van der Waals surface area contributed by atoms with Crippen molar-refractivity contribution in [3.05, 3.63) is 52.2 Å². The van der Waals surface area contributed by atoms with E-state index in [1.54, 1.807) is 23.5 Å². The number of sulfonamides is 1. The van der Waals surface area contributed by atoms with E-state index >= 15 is 0 Å². The predicted molar refractivity (Wildman–Crippen MR) is 133 cm³/mol. The molecule has 1 unspecified atom stereocenters. The van der Waals surface area contributed by atoms with Gasteiger partial charge < -0.3 is 5.32 Å². The van der Waals surface area contributed by atoms with E-state index in [0.29, 0.717) is 43.3 Å². The number of amides is 1. The van der Waals surface area contributed by atoms with Crippen LogP contribution < -0.4 is 5.32 Å². The molecule has 0 radical (unpaired) electrons. The third-order valence-electron chi connectivity index (χ3n) is 6.93. The maximum absolute atomic E-state index is 13.1. The van der Waals surface area contributed by atoms with Crippen LogP contribution in [0.1, 0.15) is 61.9 Å². The zero-order chi connectivity index (χ0) is 23.4. The Morgan fingerprint density at radius 1 is 1.06 bits per heavy atom. The summed E-state index contributed by atoms with van der Waals surface area (Å²) in [6.07, 6.45) is 3.54. The summed E-state index contributed by atoms with van der Waals surface area (Å²) in [5, 5.41) is 5.27. The first-order valence-corrected chi connectivity index (χ1v) is 14.3. The quantitative estimate of drug-likeness (QED) is 0.603. The molecule has 8 heteroatoms. The highest BCUT2D eigenvalue weighted by Crippen LogP contribution is 2.29. The van der Waals surface area contributed by atoms with Gasteiger partial charge in [0.15, 0.2) is 0 Å². The van der Waals surface area contributed by atoms with E-state index in [4.69, 9.17) is 0 Å². The number of likely N-dealkylation sites (tertiary alicyclic amines) is 1. The summed E-state index contributed by atoms with van der Waals surface area (Å²) in [6, 6.07) is 11.6. The van der Waals surface area contributed by atoms with Gasteiger partial charge in [-0.1, -0.05) is 32.0 Å². The van der Waals surface area contributed by atoms with Crippen molar-refractivity contribution in [1.29, 1.82) is 0 Å². The first-order chi connectivity index (χ1) is 15.9. The molecule has 4 rings (SSSR count). The van der Waals surface area contributed by atoms with Crippen molar-refractivity contribution in [3.8, 4) is 0 Å². The zero-order valence-electron chi connectivity index (χ0n) is 19.6. The van der Waals surface area contributed by atoms with E-state index in [9.17, 15) is 13.2 Å². The molecule has 1 atom stereocenters. The molecule has 1 amide bonds. The molecule has 2 aliphatic heterocycles. The van der Waals surface area contributed by atoms with Gasteiger partial charge >= 0.3 is 0 Å². The highest BCUT2D eigenvalue weighted by molar-refractivity contribution is 7.89. The summed E-state index contributed by atoms with van der Waals surface area (Å²) in [5.74, 6) is 0.275. The van der Waals surface area contributed by atoms with Crippen molar-refractivity contribution in [2.75, 3.05) is 32.7 Å². The minimum atomic E-state index is -3.52. The summed E-state index contributed by atoms with van der Waals surface area (Å²) >= 11 is 1.74. The number of carbonyl (C=O) groups excluding carboxylic acids is 1. The van der Waals surface area contributed by atoms with Crippen LogP contribution in [0.25, 0.3) is 0 Å². The molecule has 0 aliphatic carbocycles. The van der Waals surface area contributed by atoms with Crippen LogP contribution in [0.4, 0.5) is 0 Å². The number of hydrogen-bond donors (Lipinski definition) is 1. The molecule has 1 aromatic carbocycles. The lowest BCUT2D eigenvalue weighted by molar-refractivity contribution is -0.126. The molecule has 2 saturated heterocycles. The van der Waals surface area contributed by atoms with Crippen LogP contribution >= 0.6 is 11.3 Å². The molecule has 1 N–H and O–H groups in total. The van der Waals surface area contributed by atoms with Crippen molar-refractivity contribution in [1.82, 2.24) is 14.5 Å². The van der Waals surface area contributed by atoms with Gasteiger partial charge in [0, 0.05) is 30.4 Å². The Hall–Kier alpha value is -1.74. The van der Waals surface area contributed by atoms with Gasteiger partial charge in [0.1, 0.15) is 0 Å². The number of rotatable bonds is 8. The van der Waals surface area contributed by atoms with Gasteiger partial charge in [0.05, 0.1) is 10.9 Å². The highest BCUT2D eigenvalue weighted by atomic mass is 32.2. The third kappa shape index (κ3) is 5.67. The molecule has 33 heavy (non-hydrogen) atoms. The zero-order valence-corrected chi connectivity index (χ0v) is 21.2. The van der Waals surface area contributed by atoms with Crippen molar-refractivity contribution >= 4 is 27.3 Å². The summed E-state index contributed by atoms with van der Waals surface area (Å²) in [4.78, 5) is 17.0. The van der Waals surface area contributed by atoms with Crippen LogP contribution in [0.3, 0.4) is 0 Å². The molecule has 2 aromatic rings. The minimum Gasteiger partial charge on any atom is -0.354 e. The minimum absolute atomic E-state index is 0.0501. The van der Waals surface area contributed by atoms with Crippen LogP contribution in [0.15, 0.2) is 46.7 Å². The Kier molecular flexibility index (Phi) is 7.89. The molecular formula is C25H35N3O3S2. The summed E-state index contributed by atoms with van der Waals surface area (Å²) in [7, 11) is -3.52. The Morgan fingerprint density at radius 2 is 1.73 bits per heavy atom. The van der Waals surface area contributed by atoms with Crippen molar-refractivity contribution in [2.24, 2.45) is 5.92 Å². The first-order valence-electron chi connectivity index (χ1n) is 12.0. The molecule has 180 valence electrons. The van der Waals surface area contributed by atoms with Gasteiger partial charge in [0.2, 0.25) is 15.9 Å². The fourth-order valence-electron chi connectivity index (χ4n) is 4.82. The topological polar surface area (TPSA) is 69.7 Å². The fraction of sp³-hybridized carbons (Fsp3) is 0.560. The molecule has 6 nitrogen and oxygen atoms in total. The van der Waals surface area contributed by atoms with Crippen LogP contribution in [0, 0.1) is 5.92 Å². The fourth-order valence-corrected chi connectivity index (χ4v) is 7.15. The van der Waals surface area contributed by atoms with E-state index < -0.39 is 10.0 Å². The predicted octanol–water partition coefficient (Wildman–Crippen LogP) is 4.23. The average Bonchev–Trinajstić information content (AvgIpc) is 3.54. The van der Waals surface area contributed by atoms with Crippen molar-refractivity contribution < 1.29 is 13.2 Å². The molecule has 1 aromatic heterocycles. The second-order valence-electron chi connectivity index (χ2n) is 9.42. The number of nitrogens with one attached hydrogen (secondary N) is 1. The maximum Gasteiger partial charge on any atom is 0.243 e. The molecular weight excluding hydrogens is 454 g/mol. The van der Waals surface area contributed by atoms with Gasteiger partial charge in [0.25, 0.3) is 0 Å². The average molecular weight is 490 g/mol. The second kappa shape index (κ2) is 10.7. The standard InChI is InChI=1S/C25H35N3O3S2/c1-19(2)20-7-9-22(10-8-20)33(30,31)28-15-11-21(12-16-28)25(29)26-18-23(24-6-5-17-32-24)27-13-3-4-14-27/h5-10,17,19,21,23H,3-4,11-16,18H2,1-2H3,(H,26,29). The van der Waals surface area contributed by atoms with Gasteiger partial charge in [-0.05, 0) is 73.8 Å². The lowest BCUT2D eigenvalue weighted by atomic mass is 9.97. The monoisotopic (exact) mass is 489 g/mol. The third-order valence-corrected chi connectivity index (χ3v) is 9.82. The number of carbonyl (C=O) groups is 1. The molecule has 0 bridgehead atoms. The van der Waals surface area contributed by atoms with E-state index in [0.717, 1.165) is 18.7 Å². The van der Waals surface area contributed by atoms with E-state index in [1.807, 2.05) is 12.1 Å². The number of piperidine rings is 1. The smallest absolute Gasteiger partial charge is 0.243 e. The number of nitrogens with zero attached hydrogens (tertiary/aromatic N) is 2. The molecule has 3 heterocycles. The lowest BCUT2D eigenvalue weighted by Crippen LogP contribution is -2.44. The Bertz CT molecular complexity index is 1010. The molecule has 0 spiro atoms. The lowest BCUT2D eigenvalue weighted by Gasteiger charge is -2.32. The van der Waals surface area contributed by atoms with Crippen LogP contribution in [-0.4, -0.2) is 56.3 Å². The maximum atomic E-state index is 13.1. The highest BCUT2D eigenvalue weighted by Gasteiger charge is 2.33. The SMILES string of the molecule is CC(C)c1ccc(S(=O)(=O)N2CCC(C(=O)NCC(c3cccs3)N3CCCC3)CC2)cc1. The summed E-state index contributed by atoms with van der Waals surface area (Å²) in [5.41, 5.74) is 1.12. The summed E-state index contributed by atoms with van der Waals surface area (Å²) in [6.45, 7) is 7.71. The van der Waals surface area contributed by atoms with Crippen molar-refractivity contribution in [3.63, 3.8) is 0 Å². The largest absolute Gasteiger partial charge is 0.354 e. The Balaban J connectivity index is 1.32. The number of hydrogen-bond acceptors (Lipinski definition) is 5. The molecule has 0 saturated carbocycles. The normalized spacial score (nSPS) is 19.7. The van der Waals surface area contributed by atoms with Gasteiger partial charge in [-0.3, -0.25) is 9.69 Å². The van der Waals surface area contributed by atoms with E-state index in [1.165, 1.54) is 22.0 Å². The van der Waals surface area contributed by atoms with Gasteiger partial charge in [-0.25, -0.2) is 8.42 Å². The first kappa shape index (κ1) is 24.4. The number of thiophene rings is 1. The number of benzene rings is 1. The van der Waals surface area contributed by atoms with Crippen LogP contribution in [-0.2, 0) is 14.8 Å². The van der Waals surface area contributed by atoms with Gasteiger partial charge in [-0.2, -0.15) is 4.31 Å². The van der Waals surface area contributed by atoms with Gasteiger partial charge in [-0.15, -0.1) is 11.3 Å². The summed E-state index contributed by atoms with van der Waals surface area (Å²) < 4.78 is 27.6. The van der Waals surface area contributed by atoms with Crippen LogP contribution in [0.2, 0.25) is 0 Å². The van der Waals surface area contributed by atoms with Crippen molar-refractivity contribution in [2.45, 2.75) is 56.4 Å². The Labute approximate surface area is 202 Å². The molecule has 2 fully saturated rings. The Morgan fingerprint density at radius 3 is 2.30 bits per heavy atom. The molecule has 2 aliphatic rings.